The number of hydrogen-bond acceptors (Lipinski definition) is 2. The van der Waals surface area contributed by atoms with Crippen molar-refractivity contribution in [2.75, 3.05) is 6.54 Å². The summed E-state index contributed by atoms with van der Waals surface area (Å²) in [5, 5.41) is 12.4. The van der Waals surface area contributed by atoms with Crippen LogP contribution in [0.1, 0.15) is 25.3 Å². The second-order valence-corrected chi connectivity index (χ2v) is 3.90. The van der Waals surface area contributed by atoms with Crippen LogP contribution in [0.2, 0.25) is 0 Å². The van der Waals surface area contributed by atoms with Gasteiger partial charge in [0, 0.05) is 19.4 Å². The maximum atomic E-state index is 11.2. The van der Waals surface area contributed by atoms with Gasteiger partial charge in [0.2, 0.25) is 5.91 Å². The van der Waals surface area contributed by atoms with E-state index in [1.54, 1.807) is 0 Å². The van der Waals surface area contributed by atoms with Gasteiger partial charge in [0.25, 0.3) is 0 Å². The number of hydrogen-bond donors (Lipinski definition) is 2. The maximum absolute atomic E-state index is 11.2. The fourth-order valence-electron chi connectivity index (χ4n) is 1.51. The van der Waals surface area contributed by atoms with E-state index in [1.165, 1.54) is 0 Å². The molecule has 0 bridgehead atoms. The average molecular weight is 221 g/mol. The molecule has 88 valence electrons. The summed E-state index contributed by atoms with van der Waals surface area (Å²) in [5.74, 6) is 0.00890. The van der Waals surface area contributed by atoms with Gasteiger partial charge in [-0.15, -0.1) is 0 Å². The Morgan fingerprint density at radius 1 is 1.38 bits per heavy atom. The summed E-state index contributed by atoms with van der Waals surface area (Å²) < 4.78 is 0. The highest BCUT2D eigenvalue weighted by molar-refractivity contribution is 5.75. The molecule has 0 aromatic heterocycles. The third-order valence-electron chi connectivity index (χ3n) is 2.33. The lowest BCUT2D eigenvalue weighted by Crippen LogP contribution is -2.32. The van der Waals surface area contributed by atoms with E-state index in [0.29, 0.717) is 19.4 Å². The van der Waals surface area contributed by atoms with Crippen LogP contribution < -0.4 is 5.32 Å². The lowest BCUT2D eigenvalue weighted by Gasteiger charge is -2.11. The number of amides is 1. The second kappa shape index (κ2) is 7.01. The number of carbonyl (C=O) groups excluding carboxylic acids is 1. The monoisotopic (exact) mass is 221 g/mol. The average Bonchev–Trinajstić information content (AvgIpc) is 2.28. The van der Waals surface area contributed by atoms with Crippen molar-refractivity contribution in [3.8, 4) is 0 Å². The van der Waals surface area contributed by atoms with Crippen molar-refractivity contribution in [2.24, 2.45) is 0 Å². The van der Waals surface area contributed by atoms with Crippen LogP contribution in [0.4, 0.5) is 0 Å². The topological polar surface area (TPSA) is 49.3 Å². The smallest absolute Gasteiger partial charge is 0.220 e. The molecule has 0 heterocycles. The molecule has 0 saturated heterocycles. The van der Waals surface area contributed by atoms with Gasteiger partial charge in [-0.1, -0.05) is 37.3 Å². The minimum atomic E-state index is -0.511. The van der Waals surface area contributed by atoms with Gasteiger partial charge in [-0.2, -0.15) is 0 Å². The Labute approximate surface area is 96.5 Å². The predicted octanol–water partition coefficient (Wildman–Crippen LogP) is 1.51. The molecule has 0 saturated carbocycles. The van der Waals surface area contributed by atoms with Gasteiger partial charge >= 0.3 is 0 Å². The Kier molecular flexibility index (Phi) is 5.57. The molecule has 1 aromatic carbocycles. The Morgan fingerprint density at radius 2 is 2.06 bits per heavy atom. The lowest BCUT2D eigenvalue weighted by atomic mass is 10.1. The van der Waals surface area contributed by atoms with E-state index in [9.17, 15) is 9.90 Å². The van der Waals surface area contributed by atoms with Gasteiger partial charge < -0.3 is 10.4 Å². The van der Waals surface area contributed by atoms with Gasteiger partial charge in [0.1, 0.15) is 0 Å². The molecule has 0 radical (unpaired) electrons. The second-order valence-electron chi connectivity index (χ2n) is 3.90. The summed E-state index contributed by atoms with van der Waals surface area (Å²) in [4.78, 5) is 11.2. The quantitative estimate of drug-likeness (QED) is 0.765. The molecular weight excluding hydrogens is 202 g/mol. The lowest BCUT2D eigenvalue weighted by molar-refractivity contribution is -0.121. The minimum absolute atomic E-state index is 0.00890. The van der Waals surface area contributed by atoms with Crippen molar-refractivity contribution < 1.29 is 9.90 Å². The fraction of sp³-hybridized carbons (Fsp3) is 0.462. The van der Waals surface area contributed by atoms with Crippen LogP contribution in [0.5, 0.6) is 0 Å². The molecule has 1 amide bonds. The van der Waals surface area contributed by atoms with E-state index < -0.39 is 6.10 Å². The zero-order valence-corrected chi connectivity index (χ0v) is 9.65. The summed E-state index contributed by atoms with van der Waals surface area (Å²) in [6.45, 7) is 2.29. The number of carbonyl (C=O) groups is 1. The molecule has 1 aromatic rings. The Balaban J connectivity index is 2.26. The normalized spacial score (nSPS) is 12.1. The molecule has 1 atom stereocenters. The summed E-state index contributed by atoms with van der Waals surface area (Å²) in [6.07, 6.45) is 1.43. The van der Waals surface area contributed by atoms with Gasteiger partial charge in [-0.05, 0) is 12.0 Å². The van der Waals surface area contributed by atoms with Crippen LogP contribution in [-0.2, 0) is 11.2 Å². The Morgan fingerprint density at radius 3 is 2.69 bits per heavy atom. The molecule has 0 spiro atoms. The Hall–Kier alpha value is -1.35. The highest BCUT2D eigenvalue weighted by atomic mass is 16.3. The molecule has 1 unspecified atom stereocenters. The van der Waals surface area contributed by atoms with Crippen molar-refractivity contribution in [2.45, 2.75) is 32.3 Å². The van der Waals surface area contributed by atoms with Crippen LogP contribution in [0.25, 0.3) is 0 Å². The third kappa shape index (κ3) is 4.94. The zero-order chi connectivity index (χ0) is 11.8. The number of rotatable bonds is 6. The van der Waals surface area contributed by atoms with E-state index in [1.807, 2.05) is 37.3 Å². The van der Waals surface area contributed by atoms with Crippen LogP contribution in [-0.4, -0.2) is 23.7 Å². The number of nitrogens with one attached hydrogen (secondary N) is 1. The van der Waals surface area contributed by atoms with Crippen molar-refractivity contribution in [3.05, 3.63) is 35.9 Å². The van der Waals surface area contributed by atoms with E-state index in [2.05, 4.69) is 5.32 Å². The van der Waals surface area contributed by atoms with E-state index >= 15 is 0 Å². The van der Waals surface area contributed by atoms with Gasteiger partial charge in [-0.25, -0.2) is 0 Å². The van der Waals surface area contributed by atoms with Crippen LogP contribution in [0.3, 0.4) is 0 Å². The molecule has 2 N–H and O–H groups in total. The molecule has 1 rings (SSSR count). The van der Waals surface area contributed by atoms with Crippen LogP contribution >= 0.6 is 0 Å². The minimum Gasteiger partial charge on any atom is -0.391 e. The standard InChI is InChI=1S/C13H19NO2/c1-2-6-13(16)14-10-12(15)9-11-7-4-3-5-8-11/h3-5,7-8,12,15H,2,6,9-10H2,1H3,(H,14,16). The van der Waals surface area contributed by atoms with Crippen molar-refractivity contribution >= 4 is 5.91 Å². The van der Waals surface area contributed by atoms with E-state index in [4.69, 9.17) is 0 Å². The zero-order valence-electron chi connectivity index (χ0n) is 9.65. The predicted molar refractivity (Wildman–Crippen MR) is 64.1 cm³/mol. The number of aliphatic hydroxyl groups is 1. The van der Waals surface area contributed by atoms with Crippen LogP contribution in [0.15, 0.2) is 30.3 Å². The first-order valence-electron chi connectivity index (χ1n) is 5.71. The molecule has 0 fully saturated rings. The molecule has 0 aliphatic rings. The number of aliphatic hydroxyl groups excluding tert-OH is 1. The van der Waals surface area contributed by atoms with Gasteiger partial charge in [0.15, 0.2) is 0 Å². The van der Waals surface area contributed by atoms with Gasteiger partial charge in [0.05, 0.1) is 6.10 Å². The van der Waals surface area contributed by atoms with E-state index in [-0.39, 0.29) is 5.91 Å². The largest absolute Gasteiger partial charge is 0.391 e. The first-order chi connectivity index (χ1) is 7.72. The molecule has 3 nitrogen and oxygen atoms in total. The highest BCUT2D eigenvalue weighted by Gasteiger charge is 2.07. The summed E-state index contributed by atoms with van der Waals surface area (Å²) >= 11 is 0. The van der Waals surface area contributed by atoms with Crippen molar-refractivity contribution in [3.63, 3.8) is 0 Å². The summed E-state index contributed by atoms with van der Waals surface area (Å²) in [5.41, 5.74) is 1.08. The fourth-order valence-corrected chi connectivity index (χ4v) is 1.51. The summed E-state index contributed by atoms with van der Waals surface area (Å²) in [6, 6.07) is 9.77. The SMILES string of the molecule is CCCC(=O)NCC(O)Cc1ccccc1. The first kappa shape index (κ1) is 12.7. The molecular formula is C13H19NO2. The molecule has 16 heavy (non-hydrogen) atoms. The van der Waals surface area contributed by atoms with E-state index in [0.717, 1.165) is 12.0 Å². The van der Waals surface area contributed by atoms with Crippen molar-refractivity contribution in [1.82, 2.24) is 5.32 Å². The first-order valence-corrected chi connectivity index (χ1v) is 5.71. The molecule has 0 aliphatic carbocycles. The highest BCUT2D eigenvalue weighted by Crippen LogP contribution is 2.02. The number of benzene rings is 1. The summed E-state index contributed by atoms with van der Waals surface area (Å²) in [7, 11) is 0. The molecule has 0 aliphatic heterocycles. The third-order valence-corrected chi connectivity index (χ3v) is 2.33. The Bertz CT molecular complexity index is 311. The maximum Gasteiger partial charge on any atom is 0.220 e. The van der Waals surface area contributed by atoms with Crippen LogP contribution in [0, 0.1) is 0 Å². The van der Waals surface area contributed by atoms with Gasteiger partial charge in [-0.3, -0.25) is 4.79 Å². The van der Waals surface area contributed by atoms with Crippen molar-refractivity contribution in [1.29, 1.82) is 0 Å². The molecule has 3 heteroatoms.